The van der Waals surface area contributed by atoms with Crippen molar-refractivity contribution in [2.75, 3.05) is 39.4 Å². The maximum Gasteiger partial charge on any atom is 0.309 e. The van der Waals surface area contributed by atoms with Gasteiger partial charge in [0.25, 0.3) is 5.91 Å². The summed E-state index contributed by atoms with van der Waals surface area (Å²) in [7, 11) is 0. The van der Waals surface area contributed by atoms with Gasteiger partial charge in [-0.15, -0.1) is 0 Å². The first-order valence-electron chi connectivity index (χ1n) is 8.02. The standard InChI is InChI=1S/C16H22N2O5/c19-15(14-2-1-7-23-14)18-6-5-17(10-12(11-18)16(20)21)13-3-8-22-9-4-13/h1-2,7,12-13H,3-6,8-11H2,(H,20,21)/t12-/m1/s1. The van der Waals surface area contributed by atoms with Gasteiger partial charge in [-0.25, -0.2) is 0 Å². The van der Waals surface area contributed by atoms with E-state index in [0.29, 0.717) is 38.9 Å². The van der Waals surface area contributed by atoms with E-state index in [1.165, 1.54) is 6.26 Å². The highest BCUT2D eigenvalue weighted by atomic mass is 16.5. The maximum absolute atomic E-state index is 12.5. The molecule has 1 atom stereocenters. The molecule has 126 valence electrons. The molecule has 3 rings (SSSR count). The van der Waals surface area contributed by atoms with E-state index in [2.05, 4.69) is 4.90 Å². The molecule has 0 unspecified atom stereocenters. The average molecular weight is 322 g/mol. The highest BCUT2D eigenvalue weighted by molar-refractivity contribution is 5.91. The van der Waals surface area contributed by atoms with Crippen molar-refractivity contribution >= 4 is 11.9 Å². The third kappa shape index (κ3) is 3.73. The lowest BCUT2D eigenvalue weighted by molar-refractivity contribution is -0.142. The Labute approximate surface area is 134 Å². The van der Waals surface area contributed by atoms with E-state index >= 15 is 0 Å². The van der Waals surface area contributed by atoms with E-state index in [1.807, 2.05) is 0 Å². The number of rotatable bonds is 3. The second kappa shape index (κ2) is 7.14. The van der Waals surface area contributed by atoms with E-state index in [0.717, 1.165) is 12.8 Å². The van der Waals surface area contributed by atoms with Crippen molar-refractivity contribution in [3.63, 3.8) is 0 Å². The summed E-state index contributed by atoms with van der Waals surface area (Å²) < 4.78 is 10.5. The van der Waals surface area contributed by atoms with E-state index in [4.69, 9.17) is 9.15 Å². The molecule has 0 bridgehead atoms. The van der Waals surface area contributed by atoms with Crippen LogP contribution >= 0.6 is 0 Å². The second-order valence-corrected chi connectivity index (χ2v) is 6.10. The number of ether oxygens (including phenoxy) is 1. The summed E-state index contributed by atoms with van der Waals surface area (Å²) in [6.07, 6.45) is 3.28. The van der Waals surface area contributed by atoms with Gasteiger partial charge < -0.3 is 19.2 Å². The lowest BCUT2D eigenvalue weighted by Crippen LogP contribution is -2.43. The molecule has 0 spiro atoms. The molecule has 0 saturated carbocycles. The summed E-state index contributed by atoms with van der Waals surface area (Å²) >= 11 is 0. The van der Waals surface area contributed by atoms with Crippen LogP contribution < -0.4 is 0 Å². The SMILES string of the molecule is O=C(O)[C@H]1CN(C(=O)c2ccco2)CCN(C2CCOCC2)C1. The number of hydrogen-bond acceptors (Lipinski definition) is 5. The third-order valence-corrected chi connectivity index (χ3v) is 4.63. The summed E-state index contributed by atoms with van der Waals surface area (Å²) in [6, 6.07) is 3.61. The van der Waals surface area contributed by atoms with Crippen LogP contribution in [-0.2, 0) is 9.53 Å². The van der Waals surface area contributed by atoms with E-state index < -0.39 is 11.9 Å². The van der Waals surface area contributed by atoms with E-state index in [9.17, 15) is 14.7 Å². The predicted octanol–water partition coefficient (Wildman–Crippen LogP) is 0.917. The monoisotopic (exact) mass is 322 g/mol. The number of hydrogen-bond donors (Lipinski definition) is 1. The molecular weight excluding hydrogens is 300 g/mol. The Morgan fingerprint density at radius 2 is 1.96 bits per heavy atom. The molecule has 0 radical (unpaired) electrons. The molecule has 2 aliphatic heterocycles. The Hall–Kier alpha value is -1.86. The molecule has 2 saturated heterocycles. The van der Waals surface area contributed by atoms with Crippen LogP contribution in [0.4, 0.5) is 0 Å². The van der Waals surface area contributed by atoms with Crippen molar-refractivity contribution < 1.29 is 23.8 Å². The zero-order valence-corrected chi connectivity index (χ0v) is 13.0. The van der Waals surface area contributed by atoms with Crippen LogP contribution in [-0.4, -0.2) is 72.2 Å². The number of nitrogens with zero attached hydrogens (tertiary/aromatic N) is 2. The number of carboxylic acids is 1. The van der Waals surface area contributed by atoms with Crippen molar-refractivity contribution in [2.24, 2.45) is 5.92 Å². The summed E-state index contributed by atoms with van der Waals surface area (Å²) in [5.41, 5.74) is 0. The second-order valence-electron chi connectivity index (χ2n) is 6.10. The van der Waals surface area contributed by atoms with E-state index in [-0.39, 0.29) is 18.2 Å². The van der Waals surface area contributed by atoms with Gasteiger partial charge in [-0.1, -0.05) is 0 Å². The summed E-state index contributed by atoms with van der Waals surface area (Å²) in [6.45, 7) is 3.32. The van der Waals surface area contributed by atoms with Crippen LogP contribution in [0.2, 0.25) is 0 Å². The van der Waals surface area contributed by atoms with Crippen LogP contribution in [0.25, 0.3) is 0 Å². The molecule has 1 N–H and O–H groups in total. The molecule has 1 aromatic rings. The first-order valence-corrected chi connectivity index (χ1v) is 8.02. The Morgan fingerprint density at radius 3 is 2.61 bits per heavy atom. The highest BCUT2D eigenvalue weighted by Crippen LogP contribution is 2.20. The van der Waals surface area contributed by atoms with Crippen LogP contribution in [0.5, 0.6) is 0 Å². The van der Waals surface area contributed by atoms with Crippen molar-refractivity contribution in [3.8, 4) is 0 Å². The normalized spacial score (nSPS) is 24.3. The Balaban J connectivity index is 1.72. The van der Waals surface area contributed by atoms with Crippen molar-refractivity contribution in [1.29, 1.82) is 0 Å². The first kappa shape index (κ1) is 16.0. The maximum atomic E-state index is 12.5. The molecule has 2 fully saturated rings. The molecule has 7 heteroatoms. The fraction of sp³-hybridized carbons (Fsp3) is 0.625. The van der Waals surface area contributed by atoms with E-state index in [1.54, 1.807) is 17.0 Å². The molecule has 23 heavy (non-hydrogen) atoms. The summed E-state index contributed by atoms with van der Waals surface area (Å²) in [5, 5.41) is 9.50. The van der Waals surface area contributed by atoms with Gasteiger partial charge in [-0.3, -0.25) is 14.5 Å². The molecule has 3 heterocycles. The number of furan rings is 1. The Kier molecular flexibility index (Phi) is 4.97. The van der Waals surface area contributed by atoms with Crippen LogP contribution in [0.1, 0.15) is 23.4 Å². The van der Waals surface area contributed by atoms with Gasteiger partial charge in [-0.2, -0.15) is 0 Å². The average Bonchev–Trinajstić information content (AvgIpc) is 3.00. The minimum absolute atomic E-state index is 0.217. The van der Waals surface area contributed by atoms with Crippen molar-refractivity contribution in [2.45, 2.75) is 18.9 Å². The minimum Gasteiger partial charge on any atom is -0.481 e. The molecule has 1 amide bonds. The summed E-state index contributed by atoms with van der Waals surface area (Å²) in [4.78, 5) is 27.8. The smallest absolute Gasteiger partial charge is 0.309 e. The number of carbonyl (C=O) groups excluding carboxylic acids is 1. The molecule has 2 aliphatic rings. The minimum atomic E-state index is -0.860. The molecule has 7 nitrogen and oxygen atoms in total. The molecule has 0 aromatic carbocycles. The predicted molar refractivity (Wildman–Crippen MR) is 81.2 cm³/mol. The topological polar surface area (TPSA) is 83.2 Å². The summed E-state index contributed by atoms with van der Waals surface area (Å²) in [5.74, 6) is -1.43. The number of aliphatic carboxylic acids is 1. The molecular formula is C16H22N2O5. The number of carbonyl (C=O) groups is 2. The van der Waals surface area contributed by atoms with Gasteiger partial charge in [0.15, 0.2) is 5.76 Å². The molecule has 0 aliphatic carbocycles. The Bertz CT molecular complexity index is 539. The zero-order valence-electron chi connectivity index (χ0n) is 13.0. The third-order valence-electron chi connectivity index (χ3n) is 4.63. The van der Waals surface area contributed by atoms with Crippen LogP contribution in [0.3, 0.4) is 0 Å². The van der Waals surface area contributed by atoms with Crippen LogP contribution in [0.15, 0.2) is 22.8 Å². The highest BCUT2D eigenvalue weighted by Gasteiger charge is 2.34. The van der Waals surface area contributed by atoms with Gasteiger partial charge in [0, 0.05) is 45.4 Å². The van der Waals surface area contributed by atoms with Gasteiger partial charge in [-0.05, 0) is 25.0 Å². The largest absolute Gasteiger partial charge is 0.481 e. The van der Waals surface area contributed by atoms with Crippen molar-refractivity contribution in [1.82, 2.24) is 9.80 Å². The molecule has 1 aromatic heterocycles. The lowest BCUT2D eigenvalue weighted by atomic mass is 10.0. The number of carboxylic acid groups (broad SMARTS) is 1. The zero-order chi connectivity index (χ0) is 16.2. The number of amides is 1. The van der Waals surface area contributed by atoms with Gasteiger partial charge in [0.1, 0.15) is 0 Å². The Morgan fingerprint density at radius 1 is 1.17 bits per heavy atom. The van der Waals surface area contributed by atoms with Crippen LogP contribution in [0, 0.1) is 5.92 Å². The fourth-order valence-electron chi connectivity index (χ4n) is 3.32. The first-order chi connectivity index (χ1) is 11.1. The quantitative estimate of drug-likeness (QED) is 0.891. The van der Waals surface area contributed by atoms with Gasteiger partial charge >= 0.3 is 5.97 Å². The fourth-order valence-corrected chi connectivity index (χ4v) is 3.32. The lowest BCUT2D eigenvalue weighted by Gasteiger charge is -2.34. The van der Waals surface area contributed by atoms with Gasteiger partial charge in [0.05, 0.1) is 12.2 Å². The van der Waals surface area contributed by atoms with Crippen molar-refractivity contribution in [3.05, 3.63) is 24.2 Å². The van der Waals surface area contributed by atoms with Gasteiger partial charge in [0.2, 0.25) is 0 Å².